The summed E-state index contributed by atoms with van der Waals surface area (Å²) in [6, 6.07) is 3.78. The maximum atomic E-state index is 12.9. The Hall–Kier alpha value is -0.740. The highest BCUT2D eigenvalue weighted by Crippen LogP contribution is 2.16. The Balaban J connectivity index is 3.17. The molecule has 0 aliphatic carbocycles. The number of halogens is 2. The summed E-state index contributed by atoms with van der Waals surface area (Å²) in [5, 5.41) is 8.95. The molecule has 76 valence electrons. The Morgan fingerprint density at radius 3 is 2.79 bits per heavy atom. The minimum Gasteiger partial charge on any atom is -0.392 e. The van der Waals surface area contributed by atoms with Crippen molar-refractivity contribution in [3.8, 4) is 0 Å². The summed E-state index contributed by atoms with van der Waals surface area (Å²) in [6.07, 6.45) is 0. The van der Waals surface area contributed by atoms with E-state index in [9.17, 15) is 9.18 Å². The highest BCUT2D eigenvalue weighted by molar-refractivity contribution is 9.10. The van der Waals surface area contributed by atoms with Crippen LogP contribution in [0.15, 0.2) is 18.2 Å². The molecule has 1 rings (SSSR count). The summed E-state index contributed by atoms with van der Waals surface area (Å²) in [6.45, 7) is 1.40. The van der Waals surface area contributed by atoms with Crippen molar-refractivity contribution in [3.05, 3.63) is 35.1 Å². The molecule has 2 nitrogen and oxygen atoms in total. The van der Waals surface area contributed by atoms with Gasteiger partial charge in [0.05, 0.1) is 11.4 Å². The molecule has 0 saturated heterocycles. The standard InChI is InChI=1S/C10H10BrFO2/c1-6(11)10(14)9-4-8(12)3-2-7(9)5-13/h2-4,6,13H,5H2,1H3. The Morgan fingerprint density at radius 1 is 1.64 bits per heavy atom. The second-order valence-corrected chi connectivity index (χ2v) is 4.31. The van der Waals surface area contributed by atoms with Gasteiger partial charge in [-0.15, -0.1) is 0 Å². The molecule has 1 aromatic rings. The van der Waals surface area contributed by atoms with E-state index in [2.05, 4.69) is 15.9 Å². The predicted octanol–water partition coefficient (Wildman–Crippen LogP) is 2.28. The van der Waals surface area contributed by atoms with Gasteiger partial charge < -0.3 is 5.11 Å². The number of alkyl halides is 1. The van der Waals surface area contributed by atoms with Crippen molar-refractivity contribution in [2.45, 2.75) is 18.4 Å². The van der Waals surface area contributed by atoms with Crippen molar-refractivity contribution in [2.75, 3.05) is 0 Å². The van der Waals surface area contributed by atoms with Gasteiger partial charge >= 0.3 is 0 Å². The molecule has 0 aliphatic rings. The molecule has 0 saturated carbocycles. The number of hydrogen-bond donors (Lipinski definition) is 1. The molecule has 1 aromatic carbocycles. The molecule has 0 heterocycles. The fraction of sp³-hybridized carbons (Fsp3) is 0.300. The molecule has 0 amide bonds. The Kier molecular flexibility index (Phi) is 3.77. The second-order valence-electron chi connectivity index (χ2n) is 2.94. The molecule has 0 aromatic heterocycles. The lowest BCUT2D eigenvalue weighted by atomic mass is 10.0. The van der Waals surface area contributed by atoms with Gasteiger partial charge in [0, 0.05) is 5.56 Å². The molecular formula is C10H10BrFO2. The Bertz CT molecular complexity index is 350. The Labute approximate surface area is 89.9 Å². The van der Waals surface area contributed by atoms with Crippen LogP contribution in [0.2, 0.25) is 0 Å². The molecular weight excluding hydrogens is 251 g/mol. The third kappa shape index (κ3) is 2.39. The fourth-order valence-corrected chi connectivity index (χ4v) is 1.38. The lowest BCUT2D eigenvalue weighted by Gasteiger charge is -2.07. The van der Waals surface area contributed by atoms with E-state index in [1.165, 1.54) is 12.1 Å². The zero-order valence-corrected chi connectivity index (χ0v) is 9.21. The summed E-state index contributed by atoms with van der Waals surface area (Å²) in [5.41, 5.74) is 0.680. The number of rotatable bonds is 3. The number of benzene rings is 1. The van der Waals surface area contributed by atoms with Crippen LogP contribution in [0, 0.1) is 5.82 Å². The van der Waals surface area contributed by atoms with Crippen LogP contribution >= 0.6 is 15.9 Å². The number of hydrogen-bond acceptors (Lipinski definition) is 2. The van der Waals surface area contributed by atoms with Crippen LogP contribution in [0.4, 0.5) is 4.39 Å². The number of ketones is 1. The maximum absolute atomic E-state index is 12.9. The van der Waals surface area contributed by atoms with Gasteiger partial charge in [0.25, 0.3) is 0 Å². The summed E-state index contributed by atoms with van der Waals surface area (Å²) in [5.74, 6) is -0.702. The van der Waals surface area contributed by atoms with Crippen molar-refractivity contribution in [1.29, 1.82) is 0 Å². The van der Waals surface area contributed by atoms with Gasteiger partial charge in [-0.05, 0) is 24.6 Å². The van der Waals surface area contributed by atoms with Crippen molar-refractivity contribution in [1.82, 2.24) is 0 Å². The predicted molar refractivity (Wildman–Crippen MR) is 55.0 cm³/mol. The van der Waals surface area contributed by atoms with Crippen LogP contribution in [0.25, 0.3) is 0 Å². The van der Waals surface area contributed by atoms with E-state index in [4.69, 9.17) is 5.11 Å². The smallest absolute Gasteiger partial charge is 0.176 e. The third-order valence-electron chi connectivity index (χ3n) is 1.87. The molecule has 0 aliphatic heterocycles. The van der Waals surface area contributed by atoms with E-state index in [0.29, 0.717) is 5.56 Å². The van der Waals surface area contributed by atoms with Gasteiger partial charge in [0.2, 0.25) is 0 Å². The zero-order valence-electron chi connectivity index (χ0n) is 7.63. The van der Waals surface area contributed by atoms with Crippen LogP contribution in [0.1, 0.15) is 22.8 Å². The van der Waals surface area contributed by atoms with Crippen LogP contribution in [0.3, 0.4) is 0 Å². The molecule has 0 spiro atoms. The topological polar surface area (TPSA) is 37.3 Å². The quantitative estimate of drug-likeness (QED) is 0.669. The normalized spacial score (nSPS) is 12.6. The third-order valence-corrected chi connectivity index (χ3v) is 2.28. The molecule has 0 radical (unpaired) electrons. The van der Waals surface area contributed by atoms with Crippen LogP contribution in [-0.4, -0.2) is 15.7 Å². The monoisotopic (exact) mass is 260 g/mol. The van der Waals surface area contributed by atoms with Crippen molar-refractivity contribution >= 4 is 21.7 Å². The van der Waals surface area contributed by atoms with Crippen molar-refractivity contribution in [3.63, 3.8) is 0 Å². The van der Waals surface area contributed by atoms with Gasteiger partial charge in [0.1, 0.15) is 5.82 Å². The summed E-state index contributed by atoms with van der Waals surface area (Å²) in [4.78, 5) is 11.2. The van der Waals surface area contributed by atoms with Crippen LogP contribution in [-0.2, 0) is 6.61 Å². The number of Topliss-reactive ketones (excluding diaryl/α,β-unsaturated/α-hetero) is 1. The van der Waals surface area contributed by atoms with Gasteiger partial charge in [-0.1, -0.05) is 22.0 Å². The first-order valence-corrected chi connectivity index (χ1v) is 5.05. The molecule has 1 atom stereocenters. The first-order valence-electron chi connectivity index (χ1n) is 4.14. The summed E-state index contributed by atoms with van der Waals surface area (Å²) < 4.78 is 12.9. The molecule has 0 bridgehead atoms. The largest absolute Gasteiger partial charge is 0.392 e. The number of carbonyl (C=O) groups excluding carboxylic acids is 1. The van der Waals surface area contributed by atoms with E-state index in [1.807, 2.05) is 0 Å². The maximum Gasteiger partial charge on any atom is 0.176 e. The van der Waals surface area contributed by atoms with Crippen LogP contribution in [0.5, 0.6) is 0 Å². The second kappa shape index (κ2) is 4.66. The minimum absolute atomic E-state index is 0.228. The first-order chi connectivity index (χ1) is 6.56. The fourth-order valence-electron chi connectivity index (χ4n) is 1.13. The number of aliphatic hydroxyl groups is 1. The van der Waals surface area contributed by atoms with E-state index in [1.54, 1.807) is 6.92 Å². The van der Waals surface area contributed by atoms with E-state index in [-0.39, 0.29) is 22.8 Å². The highest BCUT2D eigenvalue weighted by atomic mass is 79.9. The summed E-state index contributed by atoms with van der Waals surface area (Å²) >= 11 is 3.11. The van der Waals surface area contributed by atoms with Gasteiger partial charge in [0.15, 0.2) is 5.78 Å². The molecule has 1 N–H and O–H groups in total. The number of aliphatic hydroxyl groups excluding tert-OH is 1. The molecule has 14 heavy (non-hydrogen) atoms. The molecule has 0 fully saturated rings. The minimum atomic E-state index is -0.473. The van der Waals surface area contributed by atoms with Crippen molar-refractivity contribution < 1.29 is 14.3 Å². The van der Waals surface area contributed by atoms with Crippen molar-refractivity contribution in [2.24, 2.45) is 0 Å². The lowest BCUT2D eigenvalue weighted by Crippen LogP contribution is -2.13. The average Bonchev–Trinajstić information content (AvgIpc) is 2.16. The zero-order chi connectivity index (χ0) is 10.7. The Morgan fingerprint density at radius 2 is 2.29 bits per heavy atom. The van der Waals surface area contributed by atoms with Crippen LogP contribution < -0.4 is 0 Å². The molecule has 1 unspecified atom stereocenters. The van der Waals surface area contributed by atoms with E-state index < -0.39 is 5.82 Å². The van der Waals surface area contributed by atoms with Gasteiger partial charge in [-0.3, -0.25) is 4.79 Å². The first kappa shape index (κ1) is 11.3. The lowest BCUT2D eigenvalue weighted by molar-refractivity contribution is 0.0992. The average molecular weight is 261 g/mol. The highest BCUT2D eigenvalue weighted by Gasteiger charge is 2.16. The summed E-state index contributed by atoms with van der Waals surface area (Å²) in [7, 11) is 0. The molecule has 4 heteroatoms. The van der Waals surface area contributed by atoms with Gasteiger partial charge in [-0.25, -0.2) is 4.39 Å². The SMILES string of the molecule is CC(Br)C(=O)c1cc(F)ccc1CO. The van der Waals surface area contributed by atoms with Gasteiger partial charge in [-0.2, -0.15) is 0 Å². The number of carbonyl (C=O) groups is 1. The van der Waals surface area contributed by atoms with E-state index >= 15 is 0 Å². The van der Waals surface area contributed by atoms with E-state index in [0.717, 1.165) is 6.07 Å².